The molecule has 1 atom stereocenters. The van der Waals surface area contributed by atoms with Crippen molar-refractivity contribution >= 4 is 23.4 Å². The summed E-state index contributed by atoms with van der Waals surface area (Å²) in [6, 6.07) is 8.93. The van der Waals surface area contributed by atoms with Crippen LogP contribution in [0, 0.1) is 0 Å². The zero-order valence-electron chi connectivity index (χ0n) is 14.2. The van der Waals surface area contributed by atoms with Gasteiger partial charge in [0, 0.05) is 19.3 Å². The van der Waals surface area contributed by atoms with Crippen molar-refractivity contribution in [2.75, 3.05) is 30.4 Å². The van der Waals surface area contributed by atoms with Crippen molar-refractivity contribution in [3.05, 3.63) is 42.1 Å². The van der Waals surface area contributed by atoms with Gasteiger partial charge in [-0.05, 0) is 38.0 Å². The fraction of sp³-hybridized carbons (Fsp3) is 0.389. The standard InChI is InChI=1S/C18H22N4O3/c1-2-24-17(23)14-7-3-4-8-15(14)21-18-19-10-9-16(22-18)20-12-13-6-5-11-25-13/h3-4,7-10,13H,2,5-6,11-12H2,1H3,(H2,19,20,21,22). The molecule has 0 amide bonds. The van der Waals surface area contributed by atoms with Crippen LogP contribution in [0.5, 0.6) is 0 Å². The van der Waals surface area contributed by atoms with Crippen molar-refractivity contribution < 1.29 is 14.3 Å². The molecule has 1 fully saturated rings. The molecule has 1 aromatic heterocycles. The summed E-state index contributed by atoms with van der Waals surface area (Å²) in [5.41, 5.74) is 1.06. The van der Waals surface area contributed by atoms with Crippen molar-refractivity contribution in [1.29, 1.82) is 0 Å². The fourth-order valence-electron chi connectivity index (χ4n) is 2.64. The van der Waals surface area contributed by atoms with Gasteiger partial charge in [-0.1, -0.05) is 12.1 Å². The molecule has 0 saturated carbocycles. The Kier molecular flexibility index (Phi) is 5.79. The molecule has 7 nitrogen and oxygen atoms in total. The minimum atomic E-state index is -0.377. The molecule has 1 saturated heterocycles. The predicted octanol–water partition coefficient (Wildman–Crippen LogP) is 2.99. The summed E-state index contributed by atoms with van der Waals surface area (Å²) in [5.74, 6) is 0.744. The highest BCUT2D eigenvalue weighted by atomic mass is 16.5. The number of hydrogen-bond donors (Lipinski definition) is 2. The van der Waals surface area contributed by atoms with Crippen LogP contribution in [0.15, 0.2) is 36.5 Å². The van der Waals surface area contributed by atoms with Gasteiger partial charge in [0.1, 0.15) is 5.82 Å². The van der Waals surface area contributed by atoms with Gasteiger partial charge in [-0.2, -0.15) is 4.98 Å². The smallest absolute Gasteiger partial charge is 0.340 e. The van der Waals surface area contributed by atoms with E-state index in [9.17, 15) is 4.79 Å². The highest BCUT2D eigenvalue weighted by Crippen LogP contribution is 2.20. The van der Waals surface area contributed by atoms with E-state index < -0.39 is 0 Å². The summed E-state index contributed by atoms with van der Waals surface area (Å²) >= 11 is 0. The first-order valence-electron chi connectivity index (χ1n) is 8.48. The largest absolute Gasteiger partial charge is 0.462 e. The molecule has 2 N–H and O–H groups in total. The number of rotatable bonds is 7. The molecule has 1 aliphatic rings. The lowest BCUT2D eigenvalue weighted by atomic mass is 10.2. The van der Waals surface area contributed by atoms with E-state index in [0.29, 0.717) is 29.6 Å². The molecule has 0 radical (unpaired) electrons. The van der Waals surface area contributed by atoms with E-state index in [1.807, 2.05) is 6.07 Å². The Labute approximate surface area is 146 Å². The van der Waals surface area contributed by atoms with Gasteiger partial charge in [0.2, 0.25) is 5.95 Å². The molecule has 2 heterocycles. The van der Waals surface area contributed by atoms with Crippen LogP contribution < -0.4 is 10.6 Å². The van der Waals surface area contributed by atoms with Crippen molar-refractivity contribution in [2.24, 2.45) is 0 Å². The van der Waals surface area contributed by atoms with Crippen molar-refractivity contribution in [2.45, 2.75) is 25.9 Å². The molecule has 2 aromatic rings. The number of carbonyl (C=O) groups excluding carboxylic acids is 1. The predicted molar refractivity (Wildman–Crippen MR) is 95.2 cm³/mol. The highest BCUT2D eigenvalue weighted by molar-refractivity contribution is 5.96. The van der Waals surface area contributed by atoms with Gasteiger partial charge >= 0.3 is 5.97 Å². The number of aromatic nitrogens is 2. The number of esters is 1. The Morgan fingerprint density at radius 2 is 2.24 bits per heavy atom. The van der Waals surface area contributed by atoms with Gasteiger partial charge in [0.15, 0.2) is 0 Å². The fourth-order valence-corrected chi connectivity index (χ4v) is 2.64. The van der Waals surface area contributed by atoms with Gasteiger partial charge in [0.25, 0.3) is 0 Å². The van der Waals surface area contributed by atoms with E-state index in [4.69, 9.17) is 9.47 Å². The molecule has 1 aromatic carbocycles. The van der Waals surface area contributed by atoms with Crippen LogP contribution in [0.1, 0.15) is 30.1 Å². The normalized spacial score (nSPS) is 16.4. The lowest BCUT2D eigenvalue weighted by Gasteiger charge is -2.13. The van der Waals surface area contributed by atoms with Crippen LogP contribution in [0.2, 0.25) is 0 Å². The Morgan fingerprint density at radius 1 is 1.36 bits per heavy atom. The monoisotopic (exact) mass is 342 g/mol. The number of benzene rings is 1. The number of ether oxygens (including phenoxy) is 2. The number of carbonyl (C=O) groups is 1. The van der Waals surface area contributed by atoms with Crippen LogP contribution in [0.25, 0.3) is 0 Å². The average molecular weight is 342 g/mol. The first kappa shape index (κ1) is 17.2. The first-order chi connectivity index (χ1) is 12.3. The number of nitrogens with zero attached hydrogens (tertiary/aromatic N) is 2. The minimum Gasteiger partial charge on any atom is -0.462 e. The quantitative estimate of drug-likeness (QED) is 0.748. The van der Waals surface area contributed by atoms with Gasteiger partial charge in [0.05, 0.1) is 24.0 Å². The maximum atomic E-state index is 12.0. The Balaban J connectivity index is 1.68. The third-order valence-corrected chi connectivity index (χ3v) is 3.86. The maximum Gasteiger partial charge on any atom is 0.340 e. The molecular formula is C18H22N4O3. The van der Waals surface area contributed by atoms with Gasteiger partial charge in [-0.15, -0.1) is 0 Å². The summed E-state index contributed by atoms with van der Waals surface area (Å²) in [6.45, 7) is 3.65. The molecule has 132 valence electrons. The highest BCUT2D eigenvalue weighted by Gasteiger charge is 2.16. The van der Waals surface area contributed by atoms with Gasteiger partial charge < -0.3 is 20.1 Å². The van der Waals surface area contributed by atoms with Crippen LogP contribution >= 0.6 is 0 Å². The number of para-hydroxylation sites is 1. The number of nitrogens with one attached hydrogen (secondary N) is 2. The maximum absolute atomic E-state index is 12.0. The van der Waals surface area contributed by atoms with E-state index >= 15 is 0 Å². The Hall–Kier alpha value is -2.67. The van der Waals surface area contributed by atoms with E-state index in [1.54, 1.807) is 37.4 Å². The van der Waals surface area contributed by atoms with Crippen LogP contribution in [0.3, 0.4) is 0 Å². The van der Waals surface area contributed by atoms with E-state index in [2.05, 4.69) is 20.6 Å². The zero-order valence-corrected chi connectivity index (χ0v) is 14.2. The van der Waals surface area contributed by atoms with Gasteiger partial charge in [-0.25, -0.2) is 9.78 Å². The molecule has 1 aliphatic heterocycles. The topological polar surface area (TPSA) is 85.4 Å². The van der Waals surface area contributed by atoms with E-state index in [-0.39, 0.29) is 12.1 Å². The minimum absolute atomic E-state index is 0.232. The first-order valence-corrected chi connectivity index (χ1v) is 8.48. The van der Waals surface area contributed by atoms with E-state index in [0.717, 1.165) is 26.0 Å². The second kappa shape index (κ2) is 8.43. The molecule has 7 heteroatoms. The summed E-state index contributed by atoms with van der Waals surface area (Å²) in [7, 11) is 0. The van der Waals surface area contributed by atoms with Gasteiger partial charge in [-0.3, -0.25) is 0 Å². The summed E-state index contributed by atoms with van der Waals surface area (Å²) in [4.78, 5) is 20.7. The average Bonchev–Trinajstić information content (AvgIpc) is 3.15. The Morgan fingerprint density at radius 3 is 3.04 bits per heavy atom. The van der Waals surface area contributed by atoms with Crippen LogP contribution in [0.4, 0.5) is 17.5 Å². The SMILES string of the molecule is CCOC(=O)c1ccccc1Nc1nccc(NCC2CCCO2)n1. The summed E-state index contributed by atoms with van der Waals surface area (Å²) in [6.07, 6.45) is 4.07. The lowest BCUT2D eigenvalue weighted by Crippen LogP contribution is -2.19. The molecular weight excluding hydrogens is 320 g/mol. The lowest BCUT2D eigenvalue weighted by molar-refractivity contribution is 0.0527. The third kappa shape index (κ3) is 4.67. The molecule has 0 aliphatic carbocycles. The Bertz CT molecular complexity index is 717. The second-order valence-corrected chi connectivity index (χ2v) is 5.67. The number of hydrogen-bond acceptors (Lipinski definition) is 7. The van der Waals surface area contributed by atoms with Crippen molar-refractivity contribution in [1.82, 2.24) is 9.97 Å². The summed E-state index contributed by atoms with van der Waals surface area (Å²) in [5, 5.41) is 6.35. The third-order valence-electron chi connectivity index (χ3n) is 3.86. The number of anilines is 3. The van der Waals surface area contributed by atoms with Crippen LogP contribution in [-0.2, 0) is 9.47 Å². The van der Waals surface area contributed by atoms with E-state index in [1.165, 1.54) is 0 Å². The van der Waals surface area contributed by atoms with Crippen LogP contribution in [-0.4, -0.2) is 41.8 Å². The van der Waals surface area contributed by atoms with Crippen molar-refractivity contribution in [3.63, 3.8) is 0 Å². The molecule has 0 spiro atoms. The second-order valence-electron chi connectivity index (χ2n) is 5.67. The molecule has 25 heavy (non-hydrogen) atoms. The molecule has 0 bridgehead atoms. The summed E-state index contributed by atoms with van der Waals surface area (Å²) < 4.78 is 10.7. The zero-order chi connectivity index (χ0) is 17.5. The molecule has 3 rings (SSSR count). The molecule has 1 unspecified atom stereocenters. The van der Waals surface area contributed by atoms with Crippen molar-refractivity contribution in [3.8, 4) is 0 Å².